The Hall–Kier alpha value is -3.00. The lowest BCUT2D eigenvalue weighted by molar-refractivity contribution is 0.0779. The molecule has 2 aromatic heterocycles. The number of fused-ring (bicyclic) bond motifs is 1. The van der Waals surface area contributed by atoms with Gasteiger partial charge >= 0.3 is 0 Å². The maximum absolute atomic E-state index is 12.8. The Morgan fingerprint density at radius 1 is 1.14 bits per heavy atom. The standard InChI is InChI=1S/C21H28N6O2/c1-14-19(15(2)29-25-14)21(28)27(5)13-18-23-17-10-7-6-9-16(17)20(24-18)22-11-8-12-26(3)4/h6-7,9-10H,8,11-13H2,1-5H3,(H,22,23,24). The van der Waals surface area contributed by atoms with Gasteiger partial charge in [0.15, 0.2) is 5.82 Å². The summed E-state index contributed by atoms with van der Waals surface area (Å²) in [6, 6.07) is 7.89. The molecule has 0 aliphatic rings. The zero-order chi connectivity index (χ0) is 21.0. The summed E-state index contributed by atoms with van der Waals surface area (Å²) in [5.74, 6) is 1.74. The minimum Gasteiger partial charge on any atom is -0.369 e. The van der Waals surface area contributed by atoms with Gasteiger partial charge in [-0.1, -0.05) is 17.3 Å². The van der Waals surface area contributed by atoms with Gasteiger partial charge in [0.2, 0.25) is 0 Å². The zero-order valence-electron chi connectivity index (χ0n) is 17.7. The molecule has 0 unspecified atom stereocenters. The Balaban J connectivity index is 1.81. The number of rotatable bonds is 8. The lowest BCUT2D eigenvalue weighted by Gasteiger charge is -2.17. The van der Waals surface area contributed by atoms with Crippen LogP contribution in [0.1, 0.15) is 34.1 Å². The summed E-state index contributed by atoms with van der Waals surface area (Å²) >= 11 is 0. The van der Waals surface area contributed by atoms with Crippen LogP contribution >= 0.6 is 0 Å². The largest absolute Gasteiger partial charge is 0.369 e. The molecule has 0 spiro atoms. The molecule has 0 aliphatic carbocycles. The van der Waals surface area contributed by atoms with Gasteiger partial charge in [-0.3, -0.25) is 4.79 Å². The van der Waals surface area contributed by atoms with Crippen LogP contribution < -0.4 is 5.32 Å². The van der Waals surface area contributed by atoms with Crippen LogP contribution in [0.25, 0.3) is 10.9 Å². The molecule has 1 amide bonds. The third-order valence-electron chi connectivity index (χ3n) is 4.70. The maximum Gasteiger partial charge on any atom is 0.259 e. The van der Waals surface area contributed by atoms with Crippen molar-refractivity contribution in [3.05, 3.63) is 47.1 Å². The molecular weight excluding hydrogens is 368 g/mol. The van der Waals surface area contributed by atoms with E-state index in [0.717, 1.165) is 36.2 Å². The number of nitrogens with zero attached hydrogens (tertiary/aromatic N) is 5. The van der Waals surface area contributed by atoms with Crippen molar-refractivity contribution in [1.82, 2.24) is 24.9 Å². The van der Waals surface area contributed by atoms with E-state index in [1.165, 1.54) is 0 Å². The second-order valence-electron chi connectivity index (χ2n) is 7.45. The van der Waals surface area contributed by atoms with Gasteiger partial charge < -0.3 is 19.6 Å². The van der Waals surface area contributed by atoms with Crippen molar-refractivity contribution in [3.63, 3.8) is 0 Å². The number of amides is 1. The van der Waals surface area contributed by atoms with E-state index in [-0.39, 0.29) is 5.91 Å². The molecule has 0 saturated heterocycles. The van der Waals surface area contributed by atoms with E-state index in [1.54, 1.807) is 25.8 Å². The molecule has 0 fully saturated rings. The summed E-state index contributed by atoms with van der Waals surface area (Å²) in [6.45, 7) is 5.60. The topological polar surface area (TPSA) is 87.4 Å². The Morgan fingerprint density at radius 2 is 1.90 bits per heavy atom. The van der Waals surface area contributed by atoms with Crippen LogP contribution in [0.15, 0.2) is 28.8 Å². The van der Waals surface area contributed by atoms with Crippen LogP contribution in [0.4, 0.5) is 5.82 Å². The van der Waals surface area contributed by atoms with E-state index in [2.05, 4.69) is 34.5 Å². The van der Waals surface area contributed by atoms with Gasteiger partial charge in [-0.25, -0.2) is 9.97 Å². The molecule has 0 radical (unpaired) electrons. The first-order valence-corrected chi connectivity index (χ1v) is 9.69. The Kier molecular flexibility index (Phi) is 6.43. The van der Waals surface area contributed by atoms with Crippen molar-refractivity contribution in [1.29, 1.82) is 0 Å². The highest BCUT2D eigenvalue weighted by molar-refractivity contribution is 5.96. The SMILES string of the molecule is Cc1noc(C)c1C(=O)N(C)Cc1nc(NCCCN(C)C)c2ccccc2n1. The maximum atomic E-state index is 12.8. The van der Waals surface area contributed by atoms with E-state index in [1.807, 2.05) is 24.3 Å². The number of carbonyl (C=O) groups excluding carboxylic acids is 1. The van der Waals surface area contributed by atoms with E-state index >= 15 is 0 Å². The Labute approximate surface area is 170 Å². The number of aromatic nitrogens is 3. The summed E-state index contributed by atoms with van der Waals surface area (Å²) < 4.78 is 5.12. The molecule has 2 heterocycles. The van der Waals surface area contributed by atoms with Gasteiger partial charge in [0.05, 0.1) is 17.8 Å². The van der Waals surface area contributed by atoms with Gasteiger partial charge in [-0.05, 0) is 53.0 Å². The Morgan fingerprint density at radius 3 is 2.59 bits per heavy atom. The summed E-state index contributed by atoms with van der Waals surface area (Å²) in [5.41, 5.74) is 1.93. The van der Waals surface area contributed by atoms with Crippen LogP contribution in [-0.4, -0.2) is 65.1 Å². The molecule has 29 heavy (non-hydrogen) atoms. The first-order valence-electron chi connectivity index (χ1n) is 9.69. The minimum atomic E-state index is -0.154. The number of carbonyl (C=O) groups is 1. The average Bonchev–Trinajstić information content (AvgIpc) is 3.02. The normalized spacial score (nSPS) is 11.2. The second-order valence-corrected chi connectivity index (χ2v) is 7.45. The molecule has 0 saturated carbocycles. The van der Waals surface area contributed by atoms with Crippen molar-refractivity contribution >= 4 is 22.6 Å². The quantitative estimate of drug-likeness (QED) is 0.586. The van der Waals surface area contributed by atoms with Crippen LogP contribution in [0, 0.1) is 13.8 Å². The van der Waals surface area contributed by atoms with Crippen molar-refractivity contribution in [2.24, 2.45) is 0 Å². The molecule has 0 bridgehead atoms. The van der Waals surface area contributed by atoms with Crippen molar-refractivity contribution in [3.8, 4) is 0 Å². The van der Waals surface area contributed by atoms with Gasteiger partial charge in [0, 0.05) is 19.0 Å². The summed E-state index contributed by atoms with van der Waals surface area (Å²) in [6.07, 6.45) is 1.01. The zero-order valence-corrected chi connectivity index (χ0v) is 17.7. The van der Waals surface area contributed by atoms with E-state index in [4.69, 9.17) is 9.51 Å². The molecule has 0 atom stereocenters. The number of anilines is 1. The molecule has 1 aromatic carbocycles. The highest BCUT2D eigenvalue weighted by Crippen LogP contribution is 2.21. The highest BCUT2D eigenvalue weighted by atomic mass is 16.5. The molecule has 8 nitrogen and oxygen atoms in total. The first kappa shape index (κ1) is 20.7. The van der Waals surface area contributed by atoms with Gasteiger partial charge in [-0.15, -0.1) is 0 Å². The van der Waals surface area contributed by atoms with E-state index in [0.29, 0.717) is 29.4 Å². The fourth-order valence-electron chi connectivity index (χ4n) is 3.20. The third-order valence-corrected chi connectivity index (χ3v) is 4.70. The lowest BCUT2D eigenvalue weighted by Crippen LogP contribution is -2.28. The van der Waals surface area contributed by atoms with Crippen molar-refractivity contribution in [2.75, 3.05) is 39.5 Å². The molecule has 0 aliphatic heterocycles. The predicted molar refractivity (Wildman–Crippen MR) is 113 cm³/mol. The number of hydrogen-bond acceptors (Lipinski definition) is 7. The average molecular weight is 396 g/mol. The third kappa shape index (κ3) is 4.89. The van der Waals surface area contributed by atoms with Crippen molar-refractivity contribution < 1.29 is 9.32 Å². The summed E-state index contributed by atoms with van der Waals surface area (Å²) in [7, 11) is 5.85. The number of hydrogen-bond donors (Lipinski definition) is 1. The second kappa shape index (κ2) is 9.00. The van der Waals surface area contributed by atoms with Crippen LogP contribution in [0.5, 0.6) is 0 Å². The Bertz CT molecular complexity index is 979. The number of para-hydroxylation sites is 1. The molecule has 8 heteroatoms. The molecule has 3 rings (SSSR count). The highest BCUT2D eigenvalue weighted by Gasteiger charge is 2.22. The molecular formula is C21H28N6O2. The van der Waals surface area contributed by atoms with E-state index < -0.39 is 0 Å². The predicted octanol–water partition coefficient (Wildman–Crippen LogP) is 2.87. The monoisotopic (exact) mass is 396 g/mol. The number of nitrogens with one attached hydrogen (secondary N) is 1. The lowest BCUT2D eigenvalue weighted by atomic mass is 10.2. The number of aryl methyl sites for hydroxylation is 2. The van der Waals surface area contributed by atoms with Crippen LogP contribution in [-0.2, 0) is 6.54 Å². The minimum absolute atomic E-state index is 0.154. The fraction of sp³-hybridized carbons (Fsp3) is 0.429. The van der Waals surface area contributed by atoms with Gasteiger partial charge in [0.25, 0.3) is 5.91 Å². The summed E-state index contributed by atoms with van der Waals surface area (Å²) in [5, 5.41) is 8.27. The first-order chi connectivity index (χ1) is 13.9. The summed E-state index contributed by atoms with van der Waals surface area (Å²) in [4.78, 5) is 25.9. The van der Waals surface area contributed by atoms with E-state index in [9.17, 15) is 4.79 Å². The molecule has 3 aromatic rings. The van der Waals surface area contributed by atoms with Gasteiger partial charge in [0.1, 0.15) is 17.1 Å². The van der Waals surface area contributed by atoms with Gasteiger partial charge in [-0.2, -0.15) is 0 Å². The molecule has 154 valence electrons. The smallest absolute Gasteiger partial charge is 0.259 e. The fourth-order valence-corrected chi connectivity index (χ4v) is 3.20. The van der Waals surface area contributed by atoms with Crippen LogP contribution in [0.2, 0.25) is 0 Å². The van der Waals surface area contributed by atoms with Crippen LogP contribution in [0.3, 0.4) is 0 Å². The van der Waals surface area contributed by atoms with Crippen molar-refractivity contribution in [2.45, 2.75) is 26.8 Å². The molecule has 1 N–H and O–H groups in total. The number of benzene rings is 1.